The summed E-state index contributed by atoms with van der Waals surface area (Å²) >= 11 is 0. The van der Waals surface area contributed by atoms with E-state index in [1.807, 2.05) is 6.92 Å². The summed E-state index contributed by atoms with van der Waals surface area (Å²) in [5, 5.41) is 15.1. The van der Waals surface area contributed by atoms with E-state index >= 15 is 0 Å². The fraction of sp³-hybridized carbons (Fsp3) is 0.860. The number of aryl methyl sites for hydroxylation is 1. The van der Waals surface area contributed by atoms with E-state index in [4.69, 9.17) is 29.9 Å². The number of aromatic nitrogens is 6. The lowest BCUT2D eigenvalue weighted by Gasteiger charge is -2.49. The normalized spacial score (nSPS) is 22.8. The molecule has 322 valence electrons. The molecule has 2 aromatic rings. The van der Waals surface area contributed by atoms with Crippen LogP contribution in [0.25, 0.3) is 0 Å². The van der Waals surface area contributed by atoms with Crippen molar-refractivity contribution in [1.29, 1.82) is 0 Å². The molecular formula is C43H80N14. The van der Waals surface area contributed by atoms with Crippen molar-refractivity contribution in [3.05, 3.63) is 5.82 Å². The van der Waals surface area contributed by atoms with Gasteiger partial charge in [0.1, 0.15) is 5.82 Å². The molecular weight excluding hydrogens is 713 g/mol. The van der Waals surface area contributed by atoms with Crippen LogP contribution in [0.2, 0.25) is 0 Å². The molecule has 57 heavy (non-hydrogen) atoms. The molecule has 14 nitrogen and oxygen atoms in total. The zero-order chi connectivity index (χ0) is 42.4. The first-order valence-corrected chi connectivity index (χ1v) is 21.7. The van der Waals surface area contributed by atoms with Crippen LogP contribution in [0.4, 0.5) is 29.7 Å². The number of nitrogens with zero attached hydrogens (tertiary/aromatic N) is 10. The smallest absolute Gasteiger partial charge is 0.231 e. The van der Waals surface area contributed by atoms with Gasteiger partial charge in [-0.15, -0.1) is 0 Å². The minimum absolute atomic E-state index is 0.000523. The summed E-state index contributed by atoms with van der Waals surface area (Å²) in [5.74, 6) is 4.27. The highest BCUT2D eigenvalue weighted by Gasteiger charge is 2.43. The van der Waals surface area contributed by atoms with Crippen molar-refractivity contribution in [2.24, 2.45) is 0 Å². The van der Waals surface area contributed by atoms with Crippen molar-refractivity contribution in [3.8, 4) is 0 Å². The fourth-order valence-electron chi connectivity index (χ4n) is 10.7. The van der Waals surface area contributed by atoms with Crippen LogP contribution in [0.15, 0.2) is 0 Å². The van der Waals surface area contributed by atoms with E-state index in [9.17, 15) is 0 Å². The molecule has 0 aliphatic carbocycles. The maximum absolute atomic E-state index is 5.19. The fourth-order valence-corrected chi connectivity index (χ4v) is 10.7. The van der Waals surface area contributed by atoms with E-state index < -0.39 is 0 Å². The number of anilines is 5. The molecule has 0 radical (unpaired) electrons. The highest BCUT2D eigenvalue weighted by atomic mass is 15.4. The second-order valence-corrected chi connectivity index (χ2v) is 21.7. The Morgan fingerprint density at radius 3 is 1.21 bits per heavy atom. The van der Waals surface area contributed by atoms with E-state index in [0.29, 0.717) is 30.4 Å². The zero-order valence-corrected chi connectivity index (χ0v) is 39.0. The van der Waals surface area contributed by atoms with Gasteiger partial charge < -0.3 is 40.9 Å². The van der Waals surface area contributed by atoms with Crippen molar-refractivity contribution in [2.45, 2.75) is 200 Å². The first-order chi connectivity index (χ1) is 26.2. The van der Waals surface area contributed by atoms with Crippen LogP contribution >= 0.6 is 0 Å². The zero-order valence-electron chi connectivity index (χ0n) is 39.0. The Labute approximate surface area is 346 Å². The van der Waals surface area contributed by atoms with Gasteiger partial charge in [-0.05, 0) is 141 Å². The summed E-state index contributed by atoms with van der Waals surface area (Å²) in [5.41, 5.74) is 0.0536. The third-order valence-electron chi connectivity index (χ3n) is 12.1. The number of hydrogen-bond acceptors (Lipinski definition) is 14. The van der Waals surface area contributed by atoms with Gasteiger partial charge in [0.15, 0.2) is 0 Å². The third kappa shape index (κ3) is 12.0. The van der Waals surface area contributed by atoms with E-state index in [-0.39, 0.29) is 45.3 Å². The summed E-state index contributed by atoms with van der Waals surface area (Å²) in [7, 11) is 6.44. The second-order valence-electron chi connectivity index (χ2n) is 21.7. The lowest BCUT2D eigenvalue weighted by Crippen LogP contribution is -2.62. The van der Waals surface area contributed by atoms with Gasteiger partial charge in [-0.2, -0.15) is 29.9 Å². The minimum Gasteiger partial charge on any atom is -0.354 e. The maximum atomic E-state index is 5.19. The lowest BCUT2D eigenvalue weighted by molar-refractivity contribution is 0.159. The highest BCUT2D eigenvalue weighted by Crippen LogP contribution is 2.36. The van der Waals surface area contributed by atoms with Gasteiger partial charge in [-0.25, -0.2) is 0 Å². The molecule has 5 heterocycles. The number of rotatable bonds is 14. The molecule has 3 aliphatic rings. The topological polar surface area (TPSA) is 138 Å². The minimum atomic E-state index is -0.000523. The van der Waals surface area contributed by atoms with Crippen molar-refractivity contribution >= 4 is 29.7 Å². The van der Waals surface area contributed by atoms with E-state index in [0.717, 1.165) is 82.2 Å². The van der Waals surface area contributed by atoms with Crippen molar-refractivity contribution in [1.82, 2.24) is 45.9 Å². The van der Waals surface area contributed by atoms with Gasteiger partial charge in [-0.3, -0.25) is 0 Å². The van der Waals surface area contributed by atoms with Gasteiger partial charge in [0.05, 0.1) is 0 Å². The van der Waals surface area contributed by atoms with Crippen molar-refractivity contribution < 1.29 is 0 Å². The third-order valence-corrected chi connectivity index (χ3v) is 12.1. The molecule has 0 bridgehead atoms. The maximum Gasteiger partial charge on any atom is 0.231 e. The number of piperidine rings is 3. The molecule has 0 aromatic carbocycles. The van der Waals surface area contributed by atoms with Crippen LogP contribution in [0, 0.1) is 6.92 Å². The summed E-state index contributed by atoms with van der Waals surface area (Å²) in [6, 6.07) is 0.887. The molecule has 0 atom stereocenters. The Hall–Kier alpha value is -3.10. The standard InChI is InChI=1S/C43H80N14/c1-18-21-57(37-46-29(2)45-34(50-37)54(15)30-23-38(3,4)51-39(5,6)24-30)22-19-20-44-33-47-35(55(16)31-25-40(7,8)52-41(9,10)26-31)49-36(48-33)56(17)32-27-42(11,12)53-43(13,14)28-32/h30-32,51-53H,18-28H2,1-17H3,(H,44,47,48,49). The monoisotopic (exact) mass is 793 g/mol. The van der Waals surface area contributed by atoms with E-state index in [2.05, 4.69) is 152 Å². The van der Waals surface area contributed by atoms with Crippen LogP contribution < -0.4 is 40.9 Å². The molecule has 5 rings (SSSR count). The highest BCUT2D eigenvalue weighted by molar-refractivity contribution is 5.47. The first kappa shape index (κ1) is 45.0. The van der Waals surface area contributed by atoms with Crippen molar-refractivity contribution in [2.75, 3.05) is 65.7 Å². The first-order valence-electron chi connectivity index (χ1n) is 21.7. The number of hydrogen-bond donors (Lipinski definition) is 4. The van der Waals surface area contributed by atoms with Gasteiger partial charge in [-0.1, -0.05) is 6.92 Å². The Kier molecular flexibility index (Phi) is 13.0. The van der Waals surface area contributed by atoms with Gasteiger partial charge in [0.2, 0.25) is 29.7 Å². The molecule has 2 aromatic heterocycles. The molecule has 4 N–H and O–H groups in total. The van der Waals surface area contributed by atoms with Crippen molar-refractivity contribution in [3.63, 3.8) is 0 Å². The van der Waals surface area contributed by atoms with Crippen LogP contribution in [0.3, 0.4) is 0 Å². The van der Waals surface area contributed by atoms with Gasteiger partial charge >= 0.3 is 0 Å². The lowest BCUT2D eigenvalue weighted by atomic mass is 9.79. The summed E-state index contributed by atoms with van der Waals surface area (Å²) in [4.78, 5) is 39.3. The second kappa shape index (κ2) is 16.5. The summed E-state index contributed by atoms with van der Waals surface area (Å²) < 4.78 is 0. The Morgan fingerprint density at radius 2 is 0.842 bits per heavy atom. The Balaban J connectivity index is 1.35. The van der Waals surface area contributed by atoms with Crippen LogP contribution in [0.1, 0.15) is 147 Å². The molecule has 0 saturated carbocycles. The molecule has 3 aliphatic heterocycles. The van der Waals surface area contributed by atoms with Crippen LogP contribution in [-0.4, -0.2) is 122 Å². The van der Waals surface area contributed by atoms with Gasteiger partial charge in [0, 0.05) is 92.1 Å². The predicted molar refractivity (Wildman–Crippen MR) is 238 cm³/mol. The molecule has 3 fully saturated rings. The van der Waals surface area contributed by atoms with Gasteiger partial charge in [0.25, 0.3) is 0 Å². The Morgan fingerprint density at radius 1 is 0.509 bits per heavy atom. The molecule has 14 heteroatoms. The van der Waals surface area contributed by atoms with Crippen LogP contribution in [-0.2, 0) is 0 Å². The van der Waals surface area contributed by atoms with E-state index in [1.165, 1.54) is 0 Å². The average Bonchev–Trinajstić information content (AvgIpc) is 3.04. The molecule has 0 spiro atoms. The molecule has 0 amide bonds. The summed E-state index contributed by atoms with van der Waals surface area (Å²) in [6.45, 7) is 34.1. The number of nitrogens with one attached hydrogen (secondary N) is 4. The molecule has 0 unspecified atom stereocenters. The predicted octanol–water partition coefficient (Wildman–Crippen LogP) is 6.32. The SMILES string of the molecule is CCCN(CCCNc1nc(N(C)C2CC(C)(C)NC(C)(C)C2)nc(N(C)C2CC(C)(C)NC(C)(C)C2)n1)c1nc(C)nc(N(C)C2CC(C)(C)NC(C)(C)C2)n1. The largest absolute Gasteiger partial charge is 0.354 e. The summed E-state index contributed by atoms with van der Waals surface area (Å²) in [6.07, 6.45) is 7.89. The van der Waals surface area contributed by atoms with E-state index in [1.54, 1.807) is 0 Å². The molecule has 3 saturated heterocycles. The van der Waals surface area contributed by atoms with Crippen LogP contribution in [0.5, 0.6) is 0 Å². The Bertz CT molecular complexity index is 1560. The average molecular weight is 793 g/mol. The quantitative estimate of drug-likeness (QED) is 0.159.